The number of amides is 2. The Balaban J connectivity index is 1.79. The quantitative estimate of drug-likeness (QED) is 0.801. The Labute approximate surface area is 115 Å². The molecule has 0 aromatic heterocycles. The summed E-state index contributed by atoms with van der Waals surface area (Å²) < 4.78 is 0. The summed E-state index contributed by atoms with van der Waals surface area (Å²) >= 11 is 11.6. The van der Waals surface area contributed by atoms with Crippen molar-refractivity contribution in [2.75, 3.05) is 11.9 Å². The van der Waals surface area contributed by atoms with E-state index in [9.17, 15) is 4.79 Å². The van der Waals surface area contributed by atoms with E-state index in [2.05, 4.69) is 10.6 Å². The van der Waals surface area contributed by atoms with Crippen LogP contribution in [0.25, 0.3) is 0 Å². The van der Waals surface area contributed by atoms with Crippen LogP contribution in [0, 0.1) is 5.92 Å². The number of carbonyl (C=O) groups excluding carboxylic acids is 1. The molecule has 2 rings (SSSR count). The normalized spacial score (nSPS) is 22.2. The lowest BCUT2D eigenvalue weighted by Crippen LogP contribution is -2.40. The number of nitrogens with one attached hydrogen (secondary N) is 2. The number of urea groups is 1. The van der Waals surface area contributed by atoms with Gasteiger partial charge in [0.05, 0.1) is 6.10 Å². The second-order valence-corrected chi connectivity index (χ2v) is 5.36. The summed E-state index contributed by atoms with van der Waals surface area (Å²) in [5.41, 5.74) is 0.554. The first-order valence-corrected chi connectivity index (χ1v) is 6.47. The third-order valence-corrected chi connectivity index (χ3v) is 3.32. The van der Waals surface area contributed by atoms with Crippen molar-refractivity contribution in [3.63, 3.8) is 0 Å². The fourth-order valence-corrected chi connectivity index (χ4v) is 2.43. The predicted octanol–water partition coefficient (Wildman–Crippen LogP) is 2.89. The molecule has 2 amide bonds. The fraction of sp³-hybridized carbons (Fsp3) is 0.417. The van der Waals surface area contributed by atoms with E-state index in [0.29, 0.717) is 28.2 Å². The first kappa shape index (κ1) is 13.5. The van der Waals surface area contributed by atoms with Gasteiger partial charge in [-0.25, -0.2) is 4.79 Å². The molecule has 1 aliphatic carbocycles. The van der Waals surface area contributed by atoms with Crippen LogP contribution in [0.5, 0.6) is 0 Å². The Morgan fingerprint density at radius 1 is 1.28 bits per heavy atom. The molecule has 0 spiro atoms. The highest BCUT2D eigenvalue weighted by atomic mass is 35.5. The number of rotatable bonds is 3. The van der Waals surface area contributed by atoms with Crippen molar-refractivity contribution in [2.45, 2.75) is 18.9 Å². The predicted molar refractivity (Wildman–Crippen MR) is 72.2 cm³/mol. The van der Waals surface area contributed by atoms with Gasteiger partial charge in [-0.05, 0) is 37.0 Å². The third-order valence-electron chi connectivity index (χ3n) is 2.88. The van der Waals surface area contributed by atoms with Crippen molar-refractivity contribution in [3.05, 3.63) is 28.2 Å². The maximum atomic E-state index is 11.6. The summed E-state index contributed by atoms with van der Waals surface area (Å²) in [5.74, 6) is 0.369. The van der Waals surface area contributed by atoms with Crippen LogP contribution in [0.2, 0.25) is 10.0 Å². The maximum absolute atomic E-state index is 11.6. The molecule has 1 aromatic rings. The van der Waals surface area contributed by atoms with E-state index in [0.717, 1.165) is 12.8 Å². The van der Waals surface area contributed by atoms with Crippen LogP contribution in [0.3, 0.4) is 0 Å². The third kappa shape index (κ3) is 3.77. The molecule has 3 N–H and O–H groups in total. The van der Waals surface area contributed by atoms with E-state index >= 15 is 0 Å². The van der Waals surface area contributed by atoms with Crippen LogP contribution >= 0.6 is 23.2 Å². The largest absolute Gasteiger partial charge is 0.393 e. The molecule has 1 fully saturated rings. The monoisotopic (exact) mass is 288 g/mol. The molecule has 1 aromatic carbocycles. The number of aliphatic hydroxyl groups excluding tert-OH is 1. The second kappa shape index (κ2) is 5.78. The average Bonchev–Trinajstić information content (AvgIpc) is 2.21. The first-order valence-electron chi connectivity index (χ1n) is 5.72. The van der Waals surface area contributed by atoms with Gasteiger partial charge >= 0.3 is 6.03 Å². The van der Waals surface area contributed by atoms with Crippen molar-refractivity contribution >= 4 is 34.9 Å². The molecule has 6 heteroatoms. The van der Waals surface area contributed by atoms with Crippen LogP contribution in [0.4, 0.5) is 10.5 Å². The lowest BCUT2D eigenvalue weighted by molar-refractivity contribution is 0.0443. The zero-order valence-electron chi connectivity index (χ0n) is 9.62. The van der Waals surface area contributed by atoms with Gasteiger partial charge in [-0.3, -0.25) is 0 Å². The number of halogens is 2. The minimum absolute atomic E-state index is 0.202. The van der Waals surface area contributed by atoms with Crippen LogP contribution in [0.15, 0.2) is 18.2 Å². The SMILES string of the molecule is O=C(NCC1CC(O)C1)Nc1cc(Cl)cc(Cl)c1. The van der Waals surface area contributed by atoms with Gasteiger partial charge in [-0.1, -0.05) is 23.2 Å². The zero-order valence-corrected chi connectivity index (χ0v) is 11.1. The smallest absolute Gasteiger partial charge is 0.319 e. The van der Waals surface area contributed by atoms with Crippen molar-refractivity contribution in [3.8, 4) is 0 Å². The summed E-state index contributed by atoms with van der Waals surface area (Å²) in [5, 5.41) is 15.5. The van der Waals surface area contributed by atoms with Crippen molar-refractivity contribution in [2.24, 2.45) is 5.92 Å². The lowest BCUT2D eigenvalue weighted by atomic mass is 9.82. The van der Waals surface area contributed by atoms with Gasteiger partial charge in [0.1, 0.15) is 0 Å². The molecule has 4 nitrogen and oxygen atoms in total. The number of carbonyl (C=O) groups is 1. The molecule has 0 radical (unpaired) electrons. The molecular weight excluding hydrogens is 275 g/mol. The van der Waals surface area contributed by atoms with Gasteiger partial charge in [-0.2, -0.15) is 0 Å². The highest BCUT2D eigenvalue weighted by molar-refractivity contribution is 6.35. The maximum Gasteiger partial charge on any atom is 0.319 e. The highest BCUT2D eigenvalue weighted by Crippen LogP contribution is 2.26. The van der Waals surface area contributed by atoms with Gasteiger partial charge in [-0.15, -0.1) is 0 Å². The first-order chi connectivity index (χ1) is 8.52. The molecule has 1 saturated carbocycles. The fourth-order valence-electron chi connectivity index (χ4n) is 1.91. The lowest BCUT2D eigenvalue weighted by Gasteiger charge is -2.31. The topological polar surface area (TPSA) is 61.4 Å². The summed E-state index contributed by atoms with van der Waals surface area (Å²) in [4.78, 5) is 11.6. The Morgan fingerprint density at radius 3 is 2.44 bits per heavy atom. The summed E-state index contributed by atoms with van der Waals surface area (Å²) in [6.45, 7) is 0.567. The standard InChI is InChI=1S/C12H14Cl2N2O2/c13-8-3-9(14)5-10(4-8)16-12(18)15-6-7-1-11(17)2-7/h3-5,7,11,17H,1-2,6H2,(H2,15,16,18). The zero-order chi connectivity index (χ0) is 13.1. The molecule has 0 bridgehead atoms. The molecule has 0 aliphatic heterocycles. The number of hydrogen-bond donors (Lipinski definition) is 3. The van der Waals surface area contributed by atoms with E-state index in [1.165, 1.54) is 0 Å². The number of hydrogen-bond acceptors (Lipinski definition) is 2. The number of benzene rings is 1. The second-order valence-electron chi connectivity index (χ2n) is 4.48. The van der Waals surface area contributed by atoms with Crippen LogP contribution in [-0.4, -0.2) is 23.8 Å². The van der Waals surface area contributed by atoms with Gasteiger partial charge in [0.15, 0.2) is 0 Å². The molecule has 1 aliphatic rings. The van der Waals surface area contributed by atoms with Crippen molar-refractivity contribution in [1.82, 2.24) is 5.32 Å². The van der Waals surface area contributed by atoms with Gasteiger partial charge in [0, 0.05) is 22.3 Å². The summed E-state index contributed by atoms with van der Waals surface area (Å²) in [6, 6.07) is 4.55. The Morgan fingerprint density at radius 2 is 1.89 bits per heavy atom. The number of aliphatic hydroxyl groups is 1. The van der Waals surface area contributed by atoms with Gasteiger partial charge in [0.25, 0.3) is 0 Å². The molecule has 0 saturated heterocycles. The van der Waals surface area contributed by atoms with E-state index in [1.807, 2.05) is 0 Å². The Bertz CT molecular complexity index is 427. The van der Waals surface area contributed by atoms with E-state index < -0.39 is 0 Å². The van der Waals surface area contributed by atoms with Gasteiger partial charge < -0.3 is 15.7 Å². The van der Waals surface area contributed by atoms with E-state index in [4.69, 9.17) is 28.3 Å². The van der Waals surface area contributed by atoms with E-state index in [1.54, 1.807) is 18.2 Å². The van der Waals surface area contributed by atoms with Crippen molar-refractivity contribution < 1.29 is 9.90 Å². The van der Waals surface area contributed by atoms with E-state index in [-0.39, 0.29) is 12.1 Å². The number of anilines is 1. The molecule has 98 valence electrons. The minimum atomic E-state index is -0.297. The molecular formula is C12H14Cl2N2O2. The van der Waals surface area contributed by atoms with Crippen molar-refractivity contribution in [1.29, 1.82) is 0 Å². The average molecular weight is 289 g/mol. The Kier molecular flexibility index (Phi) is 4.32. The highest BCUT2D eigenvalue weighted by Gasteiger charge is 2.27. The minimum Gasteiger partial charge on any atom is -0.393 e. The molecule has 0 atom stereocenters. The summed E-state index contributed by atoms with van der Waals surface area (Å²) in [7, 11) is 0. The van der Waals surface area contributed by atoms with Crippen LogP contribution in [-0.2, 0) is 0 Å². The van der Waals surface area contributed by atoms with Crippen LogP contribution in [0.1, 0.15) is 12.8 Å². The molecule has 0 heterocycles. The molecule has 18 heavy (non-hydrogen) atoms. The van der Waals surface area contributed by atoms with Gasteiger partial charge in [0.2, 0.25) is 0 Å². The summed E-state index contributed by atoms with van der Waals surface area (Å²) in [6.07, 6.45) is 1.30. The van der Waals surface area contributed by atoms with Crippen LogP contribution < -0.4 is 10.6 Å². The molecule has 0 unspecified atom stereocenters. The Hall–Kier alpha value is -0.970.